The van der Waals surface area contributed by atoms with E-state index in [1.54, 1.807) is 18.2 Å². The van der Waals surface area contributed by atoms with E-state index in [4.69, 9.17) is 9.84 Å². The van der Waals surface area contributed by atoms with Crippen LogP contribution in [0.1, 0.15) is 11.6 Å². The van der Waals surface area contributed by atoms with Gasteiger partial charge in [0.15, 0.2) is 0 Å². The van der Waals surface area contributed by atoms with Crippen LogP contribution in [0.25, 0.3) is 0 Å². The number of aromatic hydroxyl groups is 1. The molecule has 0 radical (unpaired) electrons. The fourth-order valence-corrected chi connectivity index (χ4v) is 2.33. The Bertz CT molecular complexity index is 490. The molecule has 0 bridgehead atoms. The summed E-state index contributed by atoms with van der Waals surface area (Å²) in [6.45, 7) is 1.81. The van der Waals surface area contributed by atoms with Gasteiger partial charge in [-0.15, -0.1) is 0 Å². The van der Waals surface area contributed by atoms with Crippen molar-refractivity contribution in [3.8, 4) is 11.5 Å². The van der Waals surface area contributed by atoms with Gasteiger partial charge in [-0.2, -0.15) is 0 Å². The molecule has 1 aliphatic heterocycles. The van der Waals surface area contributed by atoms with Gasteiger partial charge in [0.2, 0.25) is 0 Å². The number of ether oxygens (including phenoxy) is 1. The van der Waals surface area contributed by atoms with Crippen molar-refractivity contribution in [3.05, 3.63) is 23.8 Å². The van der Waals surface area contributed by atoms with Crippen molar-refractivity contribution in [1.82, 2.24) is 9.80 Å². The average molecular weight is 280 g/mol. The molecule has 0 saturated heterocycles. The van der Waals surface area contributed by atoms with Crippen molar-refractivity contribution in [1.29, 1.82) is 0 Å². The van der Waals surface area contributed by atoms with Crippen LogP contribution in [0.5, 0.6) is 11.5 Å². The van der Waals surface area contributed by atoms with Crippen molar-refractivity contribution in [3.63, 3.8) is 0 Å². The van der Waals surface area contributed by atoms with E-state index < -0.39 is 5.97 Å². The fourth-order valence-electron chi connectivity index (χ4n) is 2.33. The van der Waals surface area contributed by atoms with E-state index in [9.17, 15) is 9.90 Å². The number of carboxylic acid groups (broad SMARTS) is 1. The zero-order chi connectivity index (χ0) is 14.7. The molecule has 1 heterocycles. The molecule has 1 aromatic rings. The van der Waals surface area contributed by atoms with Gasteiger partial charge in [0.25, 0.3) is 0 Å². The maximum atomic E-state index is 11.0. The molecule has 2 rings (SSSR count). The molecule has 6 heteroatoms. The third-order valence-corrected chi connectivity index (χ3v) is 3.37. The Kier molecular flexibility index (Phi) is 4.46. The van der Waals surface area contributed by atoms with E-state index in [0.29, 0.717) is 18.9 Å². The number of phenolic OH excluding ortho intramolecular Hbond substituents is 1. The Balaban J connectivity index is 2.16. The fraction of sp³-hybridized carbons (Fsp3) is 0.500. The molecular formula is C14H20N2O4. The maximum Gasteiger partial charge on any atom is 0.317 e. The first-order valence-electron chi connectivity index (χ1n) is 6.53. The van der Waals surface area contributed by atoms with Gasteiger partial charge in [0.1, 0.15) is 18.1 Å². The van der Waals surface area contributed by atoms with Crippen molar-refractivity contribution < 1.29 is 19.7 Å². The summed E-state index contributed by atoms with van der Waals surface area (Å²) >= 11 is 0. The molecule has 1 aromatic carbocycles. The molecule has 1 unspecified atom stereocenters. The van der Waals surface area contributed by atoms with Gasteiger partial charge in [-0.1, -0.05) is 0 Å². The lowest BCUT2D eigenvalue weighted by Crippen LogP contribution is -2.39. The van der Waals surface area contributed by atoms with Crippen molar-refractivity contribution in [2.75, 3.05) is 40.3 Å². The summed E-state index contributed by atoms with van der Waals surface area (Å²) < 4.78 is 5.55. The Morgan fingerprint density at radius 1 is 1.40 bits per heavy atom. The van der Waals surface area contributed by atoms with Crippen LogP contribution in [0.15, 0.2) is 18.2 Å². The normalized spacial score (nSPS) is 17.3. The second-order valence-electron chi connectivity index (χ2n) is 5.22. The smallest absolute Gasteiger partial charge is 0.317 e. The Hall–Kier alpha value is -1.79. The molecule has 0 spiro atoms. The third kappa shape index (κ3) is 3.40. The summed E-state index contributed by atoms with van der Waals surface area (Å²) in [5, 5.41) is 18.5. The lowest BCUT2D eigenvalue weighted by Gasteiger charge is -2.27. The van der Waals surface area contributed by atoms with Crippen LogP contribution in [0.4, 0.5) is 0 Å². The number of aliphatic carboxylic acids is 1. The highest BCUT2D eigenvalue weighted by molar-refractivity contribution is 5.69. The summed E-state index contributed by atoms with van der Waals surface area (Å²) in [4.78, 5) is 15.0. The van der Waals surface area contributed by atoms with Gasteiger partial charge in [-0.05, 0) is 26.2 Å². The largest absolute Gasteiger partial charge is 0.508 e. The van der Waals surface area contributed by atoms with Crippen LogP contribution >= 0.6 is 0 Å². The molecule has 0 amide bonds. The van der Waals surface area contributed by atoms with Gasteiger partial charge in [-0.3, -0.25) is 9.69 Å². The number of hydrogen-bond acceptors (Lipinski definition) is 5. The van der Waals surface area contributed by atoms with Crippen LogP contribution in [0.2, 0.25) is 0 Å². The number of carboxylic acids is 1. The molecule has 0 aliphatic carbocycles. The summed E-state index contributed by atoms with van der Waals surface area (Å²) in [6, 6.07) is 4.89. The van der Waals surface area contributed by atoms with E-state index in [0.717, 1.165) is 12.1 Å². The van der Waals surface area contributed by atoms with Crippen molar-refractivity contribution >= 4 is 5.97 Å². The Labute approximate surface area is 118 Å². The molecule has 1 atom stereocenters. The predicted molar refractivity (Wildman–Crippen MR) is 74.1 cm³/mol. The first-order chi connectivity index (χ1) is 9.47. The summed E-state index contributed by atoms with van der Waals surface area (Å²) in [7, 11) is 3.91. The number of fused-ring (bicyclic) bond motifs is 1. The highest BCUT2D eigenvalue weighted by Gasteiger charge is 2.30. The zero-order valence-corrected chi connectivity index (χ0v) is 11.7. The minimum absolute atomic E-state index is 0.0256. The lowest BCUT2D eigenvalue weighted by molar-refractivity contribution is -0.139. The molecule has 0 aromatic heterocycles. The minimum atomic E-state index is -0.851. The second-order valence-corrected chi connectivity index (χ2v) is 5.22. The van der Waals surface area contributed by atoms with E-state index in [1.807, 2.05) is 23.9 Å². The van der Waals surface area contributed by atoms with Crippen LogP contribution in [-0.4, -0.2) is 66.3 Å². The quantitative estimate of drug-likeness (QED) is 0.802. The highest BCUT2D eigenvalue weighted by Crippen LogP contribution is 2.37. The standard InChI is InChI=1S/C14H20N2O4/c1-15(2)5-6-16(8-14(18)19)12-9-20-13-7-10(17)3-4-11(12)13/h3-4,7,12,17H,5-6,8-9H2,1-2H3,(H,18,19). The molecule has 20 heavy (non-hydrogen) atoms. The monoisotopic (exact) mass is 280 g/mol. The van der Waals surface area contributed by atoms with Gasteiger partial charge in [0, 0.05) is 24.7 Å². The summed E-state index contributed by atoms with van der Waals surface area (Å²) in [6.07, 6.45) is 0. The maximum absolute atomic E-state index is 11.0. The van der Waals surface area contributed by atoms with Gasteiger partial charge < -0.3 is 19.8 Å². The van der Waals surface area contributed by atoms with Crippen LogP contribution in [0.3, 0.4) is 0 Å². The number of carbonyl (C=O) groups is 1. The minimum Gasteiger partial charge on any atom is -0.508 e. The summed E-state index contributed by atoms with van der Waals surface area (Å²) in [5.74, 6) is -0.0614. The van der Waals surface area contributed by atoms with Crippen LogP contribution in [0, 0.1) is 0 Å². The third-order valence-electron chi connectivity index (χ3n) is 3.37. The first kappa shape index (κ1) is 14.6. The average Bonchev–Trinajstić information content (AvgIpc) is 2.76. The van der Waals surface area contributed by atoms with Crippen molar-refractivity contribution in [2.24, 2.45) is 0 Å². The lowest BCUT2D eigenvalue weighted by atomic mass is 10.1. The van der Waals surface area contributed by atoms with E-state index in [1.165, 1.54) is 0 Å². The van der Waals surface area contributed by atoms with E-state index in [2.05, 4.69) is 0 Å². The van der Waals surface area contributed by atoms with E-state index in [-0.39, 0.29) is 18.3 Å². The SMILES string of the molecule is CN(C)CCN(CC(=O)O)C1COc2cc(O)ccc21. The molecule has 1 aliphatic rings. The number of benzene rings is 1. The van der Waals surface area contributed by atoms with Gasteiger partial charge >= 0.3 is 5.97 Å². The molecule has 0 fully saturated rings. The van der Waals surface area contributed by atoms with Crippen molar-refractivity contribution in [2.45, 2.75) is 6.04 Å². The Morgan fingerprint density at radius 2 is 2.15 bits per heavy atom. The topological polar surface area (TPSA) is 73.2 Å². The van der Waals surface area contributed by atoms with Crippen LogP contribution in [-0.2, 0) is 4.79 Å². The highest BCUT2D eigenvalue weighted by atomic mass is 16.5. The molecule has 110 valence electrons. The number of likely N-dealkylation sites (N-methyl/N-ethyl adjacent to an activating group) is 1. The summed E-state index contributed by atoms with van der Waals surface area (Å²) in [5.41, 5.74) is 0.933. The zero-order valence-electron chi connectivity index (χ0n) is 11.7. The molecule has 2 N–H and O–H groups in total. The molecular weight excluding hydrogens is 260 g/mol. The number of rotatable bonds is 6. The molecule has 6 nitrogen and oxygen atoms in total. The number of phenols is 1. The predicted octanol–water partition coefficient (Wildman–Crippen LogP) is 0.774. The van der Waals surface area contributed by atoms with E-state index >= 15 is 0 Å². The number of hydrogen-bond donors (Lipinski definition) is 2. The Morgan fingerprint density at radius 3 is 2.80 bits per heavy atom. The first-order valence-corrected chi connectivity index (χ1v) is 6.53. The molecule has 0 saturated carbocycles. The van der Waals surface area contributed by atoms with Crippen LogP contribution < -0.4 is 4.74 Å². The van der Waals surface area contributed by atoms with Gasteiger partial charge in [-0.25, -0.2) is 0 Å². The van der Waals surface area contributed by atoms with Gasteiger partial charge in [0.05, 0.1) is 12.6 Å². The second kappa shape index (κ2) is 6.11. The number of nitrogens with zero attached hydrogens (tertiary/aromatic N) is 2.